The third-order valence-electron chi connectivity index (χ3n) is 2.89. The molecule has 16 heavy (non-hydrogen) atoms. The first-order valence-electron chi connectivity index (χ1n) is 5.56. The van der Waals surface area contributed by atoms with Crippen molar-refractivity contribution in [3.05, 3.63) is 17.5 Å². The molecule has 2 N–H and O–H groups in total. The zero-order valence-electron chi connectivity index (χ0n) is 9.18. The van der Waals surface area contributed by atoms with E-state index >= 15 is 0 Å². The van der Waals surface area contributed by atoms with E-state index in [-0.39, 0.29) is 0 Å². The first-order chi connectivity index (χ1) is 7.79. The van der Waals surface area contributed by atoms with E-state index in [1.807, 2.05) is 12.5 Å². The second-order valence-electron chi connectivity index (χ2n) is 4.10. The van der Waals surface area contributed by atoms with Gasteiger partial charge in [0.2, 0.25) is 0 Å². The number of nitrogen functional groups attached to an aromatic ring is 1. The second-order valence-corrected chi connectivity index (χ2v) is 5.17. The lowest BCUT2D eigenvalue weighted by atomic mass is 10.3. The number of imidazole rings is 1. The van der Waals surface area contributed by atoms with Crippen molar-refractivity contribution in [1.82, 2.24) is 14.5 Å². The summed E-state index contributed by atoms with van der Waals surface area (Å²) in [6.07, 6.45) is 6.19. The van der Waals surface area contributed by atoms with Crippen LogP contribution in [0.25, 0.3) is 11.4 Å². The highest BCUT2D eigenvalue weighted by molar-refractivity contribution is 7.16. The van der Waals surface area contributed by atoms with Gasteiger partial charge in [-0.2, -0.15) is 0 Å². The maximum absolute atomic E-state index is 6.04. The van der Waals surface area contributed by atoms with E-state index in [4.69, 9.17) is 5.73 Å². The van der Waals surface area contributed by atoms with Crippen molar-refractivity contribution < 1.29 is 0 Å². The summed E-state index contributed by atoms with van der Waals surface area (Å²) >= 11 is 1.63. The topological polar surface area (TPSA) is 56.7 Å². The Morgan fingerprint density at radius 3 is 3.06 bits per heavy atom. The highest BCUT2D eigenvalue weighted by Gasteiger charge is 2.28. The molecule has 0 spiro atoms. The van der Waals surface area contributed by atoms with E-state index in [0.717, 1.165) is 22.9 Å². The van der Waals surface area contributed by atoms with Gasteiger partial charge in [-0.25, -0.2) is 9.97 Å². The van der Waals surface area contributed by atoms with Gasteiger partial charge in [0.05, 0.1) is 23.2 Å². The van der Waals surface area contributed by atoms with Crippen LogP contribution in [-0.2, 0) is 6.54 Å². The fraction of sp³-hybridized carbons (Fsp3) is 0.455. The van der Waals surface area contributed by atoms with Crippen LogP contribution in [0.2, 0.25) is 0 Å². The molecule has 2 heterocycles. The highest BCUT2D eigenvalue weighted by Crippen LogP contribution is 2.45. The predicted octanol–water partition coefficient (Wildman–Crippen LogP) is 2.49. The van der Waals surface area contributed by atoms with Gasteiger partial charge in [-0.1, -0.05) is 0 Å². The molecule has 2 aromatic rings. The molecule has 0 atom stereocenters. The van der Waals surface area contributed by atoms with E-state index < -0.39 is 0 Å². The van der Waals surface area contributed by atoms with Crippen molar-refractivity contribution in [2.45, 2.75) is 32.2 Å². The fourth-order valence-corrected chi connectivity index (χ4v) is 2.82. The lowest BCUT2D eigenvalue weighted by Gasteiger charge is -2.02. The first-order valence-corrected chi connectivity index (χ1v) is 6.38. The standard InChI is InChI=1S/C11H14N4S/c1-2-15-6-13-5-8(15)9-10(12)16-11(14-9)7-3-4-7/h5-7H,2-4,12H2,1H3. The third-order valence-corrected chi connectivity index (χ3v) is 3.94. The van der Waals surface area contributed by atoms with Gasteiger partial charge in [-0.3, -0.25) is 0 Å². The quantitative estimate of drug-likeness (QED) is 0.887. The molecule has 2 aromatic heterocycles. The van der Waals surface area contributed by atoms with Crippen LogP contribution in [0.5, 0.6) is 0 Å². The number of hydrogen-bond donors (Lipinski definition) is 1. The van der Waals surface area contributed by atoms with Gasteiger partial charge in [0.25, 0.3) is 0 Å². The lowest BCUT2D eigenvalue weighted by molar-refractivity contribution is 0.767. The van der Waals surface area contributed by atoms with Crippen molar-refractivity contribution in [3.63, 3.8) is 0 Å². The van der Waals surface area contributed by atoms with Gasteiger partial charge in [-0.15, -0.1) is 11.3 Å². The van der Waals surface area contributed by atoms with Gasteiger partial charge in [0, 0.05) is 12.5 Å². The zero-order chi connectivity index (χ0) is 11.1. The molecule has 84 valence electrons. The Morgan fingerprint density at radius 1 is 1.56 bits per heavy atom. The summed E-state index contributed by atoms with van der Waals surface area (Å²) in [7, 11) is 0. The van der Waals surface area contributed by atoms with Crippen molar-refractivity contribution in [3.8, 4) is 11.4 Å². The average Bonchev–Trinajstić information content (AvgIpc) is 2.90. The Bertz CT molecular complexity index is 510. The van der Waals surface area contributed by atoms with Gasteiger partial charge in [-0.05, 0) is 19.8 Å². The number of rotatable bonds is 3. The van der Waals surface area contributed by atoms with Gasteiger partial charge in [0.15, 0.2) is 0 Å². The summed E-state index contributed by atoms with van der Waals surface area (Å²) in [5.41, 5.74) is 7.98. The summed E-state index contributed by atoms with van der Waals surface area (Å²) in [5, 5.41) is 2.01. The fourth-order valence-electron chi connectivity index (χ4n) is 1.81. The molecule has 0 aromatic carbocycles. The molecule has 1 saturated carbocycles. The SMILES string of the molecule is CCn1cncc1-c1nc(C2CC2)sc1N. The van der Waals surface area contributed by atoms with Crippen LogP contribution in [0.4, 0.5) is 5.00 Å². The Labute approximate surface area is 98.1 Å². The molecule has 0 bridgehead atoms. The van der Waals surface area contributed by atoms with Crippen molar-refractivity contribution in [2.24, 2.45) is 0 Å². The molecular formula is C11H14N4S. The van der Waals surface area contributed by atoms with Crippen molar-refractivity contribution >= 4 is 16.3 Å². The number of aryl methyl sites for hydroxylation is 1. The number of nitrogens with zero attached hydrogens (tertiary/aromatic N) is 3. The molecule has 0 radical (unpaired) electrons. The van der Waals surface area contributed by atoms with E-state index in [0.29, 0.717) is 5.92 Å². The zero-order valence-corrected chi connectivity index (χ0v) is 10.00. The molecule has 5 heteroatoms. The Kier molecular flexibility index (Phi) is 2.21. The summed E-state index contributed by atoms with van der Waals surface area (Å²) in [6.45, 7) is 2.99. The summed E-state index contributed by atoms with van der Waals surface area (Å²) in [6, 6.07) is 0. The molecule has 1 fully saturated rings. The van der Waals surface area contributed by atoms with Crippen LogP contribution in [0.1, 0.15) is 30.7 Å². The number of nitrogens with two attached hydrogens (primary N) is 1. The second kappa shape index (κ2) is 3.59. The summed E-state index contributed by atoms with van der Waals surface area (Å²) in [4.78, 5) is 8.81. The molecule has 4 nitrogen and oxygen atoms in total. The van der Waals surface area contributed by atoms with Crippen LogP contribution in [0.3, 0.4) is 0 Å². The van der Waals surface area contributed by atoms with Crippen molar-refractivity contribution in [1.29, 1.82) is 0 Å². The first kappa shape index (κ1) is 9.84. The average molecular weight is 234 g/mol. The molecule has 0 aliphatic heterocycles. The lowest BCUT2D eigenvalue weighted by Crippen LogP contribution is -1.96. The van der Waals surface area contributed by atoms with Crippen molar-refractivity contribution in [2.75, 3.05) is 5.73 Å². The number of thiazole rings is 1. The maximum Gasteiger partial charge on any atom is 0.123 e. The smallest absolute Gasteiger partial charge is 0.123 e. The van der Waals surface area contributed by atoms with Crippen LogP contribution in [-0.4, -0.2) is 14.5 Å². The van der Waals surface area contributed by atoms with Gasteiger partial charge < -0.3 is 10.3 Å². The minimum atomic E-state index is 0.666. The van der Waals surface area contributed by atoms with Crippen LogP contribution >= 0.6 is 11.3 Å². The molecule has 1 aliphatic carbocycles. The minimum Gasteiger partial charge on any atom is -0.389 e. The predicted molar refractivity (Wildman–Crippen MR) is 65.4 cm³/mol. The van der Waals surface area contributed by atoms with Gasteiger partial charge >= 0.3 is 0 Å². The number of anilines is 1. The van der Waals surface area contributed by atoms with Crippen LogP contribution in [0, 0.1) is 0 Å². The largest absolute Gasteiger partial charge is 0.389 e. The molecule has 3 rings (SSSR count). The molecule has 0 unspecified atom stereocenters. The van der Waals surface area contributed by atoms with E-state index in [1.54, 1.807) is 11.3 Å². The van der Waals surface area contributed by atoms with Crippen LogP contribution < -0.4 is 5.73 Å². The Morgan fingerprint density at radius 2 is 2.38 bits per heavy atom. The maximum atomic E-state index is 6.04. The summed E-state index contributed by atoms with van der Waals surface area (Å²) in [5.74, 6) is 0.666. The molecular weight excluding hydrogens is 220 g/mol. The van der Waals surface area contributed by atoms with Crippen LogP contribution in [0.15, 0.2) is 12.5 Å². The Hall–Kier alpha value is -1.36. The van der Waals surface area contributed by atoms with Gasteiger partial charge in [0.1, 0.15) is 10.7 Å². The normalized spacial score (nSPS) is 15.6. The molecule has 0 saturated heterocycles. The highest BCUT2D eigenvalue weighted by atomic mass is 32.1. The number of aromatic nitrogens is 3. The molecule has 1 aliphatic rings. The minimum absolute atomic E-state index is 0.666. The molecule has 0 amide bonds. The number of hydrogen-bond acceptors (Lipinski definition) is 4. The monoisotopic (exact) mass is 234 g/mol. The van der Waals surface area contributed by atoms with E-state index in [9.17, 15) is 0 Å². The van der Waals surface area contributed by atoms with E-state index in [2.05, 4.69) is 21.5 Å². The summed E-state index contributed by atoms with van der Waals surface area (Å²) < 4.78 is 2.07. The Balaban J connectivity index is 2.04. The van der Waals surface area contributed by atoms with E-state index in [1.165, 1.54) is 17.8 Å². The third kappa shape index (κ3) is 1.51.